The van der Waals surface area contributed by atoms with Crippen LogP contribution < -0.4 is 4.74 Å². The van der Waals surface area contributed by atoms with Crippen molar-refractivity contribution in [3.05, 3.63) is 71.9 Å². The molecule has 0 aliphatic carbocycles. The molecule has 2 aromatic carbocycles. The minimum Gasteiger partial charge on any atom is -0.494 e. The molecule has 0 aliphatic rings. The van der Waals surface area contributed by atoms with Gasteiger partial charge in [-0.3, -0.25) is 0 Å². The molecule has 0 spiro atoms. The van der Waals surface area contributed by atoms with Gasteiger partial charge in [0, 0.05) is 17.4 Å². The first kappa shape index (κ1) is 18.8. The molecule has 1 heterocycles. The number of methoxy groups -OCH3 is 1. The number of nitrogens with zero attached hydrogens (tertiary/aromatic N) is 1. The van der Waals surface area contributed by atoms with E-state index in [0.717, 1.165) is 41.2 Å². The number of rotatable bonds is 7. The van der Waals surface area contributed by atoms with Crippen molar-refractivity contribution in [3.63, 3.8) is 0 Å². The highest BCUT2D eigenvalue weighted by molar-refractivity contribution is 5.93. The second kappa shape index (κ2) is 8.58. The Morgan fingerprint density at radius 2 is 1.81 bits per heavy atom. The highest BCUT2D eigenvalue weighted by Gasteiger charge is 2.20. The lowest BCUT2D eigenvalue weighted by Crippen LogP contribution is -2.05. The number of unbranched alkanes of at least 4 members (excludes halogenated alkanes) is 1. The van der Waals surface area contributed by atoms with Crippen LogP contribution in [0.15, 0.2) is 60.7 Å². The monoisotopic (exact) mass is 363 g/mol. The Morgan fingerprint density at radius 3 is 2.52 bits per heavy atom. The maximum atomic E-state index is 12.2. The third-order valence-electron chi connectivity index (χ3n) is 4.56. The predicted octanol–water partition coefficient (Wildman–Crippen LogP) is 5.42. The summed E-state index contributed by atoms with van der Waals surface area (Å²) in [6.07, 6.45) is 2.12. The van der Waals surface area contributed by atoms with E-state index in [1.807, 2.05) is 67.6 Å². The maximum Gasteiger partial charge on any atom is 0.339 e. The molecule has 3 rings (SSSR count). The summed E-state index contributed by atoms with van der Waals surface area (Å²) >= 11 is 0. The molecule has 27 heavy (non-hydrogen) atoms. The second-order valence-electron chi connectivity index (χ2n) is 6.42. The van der Waals surface area contributed by atoms with Crippen LogP contribution in [0.2, 0.25) is 0 Å². The fraction of sp³-hybridized carbons (Fsp3) is 0.261. The van der Waals surface area contributed by atoms with Gasteiger partial charge in [-0.1, -0.05) is 49.7 Å². The van der Waals surface area contributed by atoms with Gasteiger partial charge in [-0.2, -0.15) is 0 Å². The standard InChI is InChI=1S/C23H25NO3/c1-4-5-14-27-20-13-9-12-19(15-20)24-17(2)21(23(25)26-3)16-22(24)18-10-7-6-8-11-18/h6-13,15-16H,4-5,14H2,1-3H3. The molecule has 0 atom stereocenters. The van der Waals surface area contributed by atoms with Gasteiger partial charge in [-0.25, -0.2) is 4.79 Å². The number of benzene rings is 2. The van der Waals surface area contributed by atoms with Gasteiger partial charge in [0.2, 0.25) is 0 Å². The number of esters is 1. The zero-order valence-electron chi connectivity index (χ0n) is 16.1. The third-order valence-corrected chi connectivity index (χ3v) is 4.56. The number of carbonyl (C=O) groups is 1. The van der Waals surface area contributed by atoms with Gasteiger partial charge in [0.25, 0.3) is 0 Å². The fourth-order valence-electron chi connectivity index (χ4n) is 3.12. The Balaban J connectivity index is 2.10. The van der Waals surface area contributed by atoms with Crippen LogP contribution in [-0.2, 0) is 4.74 Å². The van der Waals surface area contributed by atoms with E-state index >= 15 is 0 Å². The van der Waals surface area contributed by atoms with E-state index in [1.54, 1.807) is 0 Å². The van der Waals surface area contributed by atoms with E-state index in [0.29, 0.717) is 12.2 Å². The smallest absolute Gasteiger partial charge is 0.339 e. The van der Waals surface area contributed by atoms with Gasteiger partial charge in [-0.05, 0) is 37.1 Å². The fourth-order valence-corrected chi connectivity index (χ4v) is 3.12. The highest BCUT2D eigenvalue weighted by atomic mass is 16.5. The normalized spacial score (nSPS) is 10.6. The Kier molecular flexibility index (Phi) is 5.97. The summed E-state index contributed by atoms with van der Waals surface area (Å²) in [5.41, 5.74) is 4.34. The minimum atomic E-state index is -0.334. The summed E-state index contributed by atoms with van der Waals surface area (Å²) in [5, 5.41) is 0. The van der Waals surface area contributed by atoms with Crippen LogP contribution >= 0.6 is 0 Å². The summed E-state index contributed by atoms with van der Waals surface area (Å²) in [4.78, 5) is 12.2. The number of hydrogen-bond donors (Lipinski definition) is 0. The third kappa shape index (κ3) is 4.05. The van der Waals surface area contributed by atoms with Gasteiger partial charge in [0.05, 0.1) is 25.0 Å². The molecule has 3 aromatic rings. The largest absolute Gasteiger partial charge is 0.494 e. The van der Waals surface area contributed by atoms with Crippen molar-refractivity contribution >= 4 is 5.97 Å². The topological polar surface area (TPSA) is 40.5 Å². The maximum absolute atomic E-state index is 12.2. The molecule has 4 heteroatoms. The molecule has 0 unspecified atom stereocenters. The van der Waals surface area contributed by atoms with Crippen molar-refractivity contribution in [1.29, 1.82) is 0 Å². The summed E-state index contributed by atoms with van der Waals surface area (Å²) in [6, 6.07) is 19.9. The van der Waals surface area contributed by atoms with Gasteiger partial charge in [0.15, 0.2) is 0 Å². The van der Waals surface area contributed by atoms with Crippen molar-refractivity contribution in [2.75, 3.05) is 13.7 Å². The molecule has 4 nitrogen and oxygen atoms in total. The molecular formula is C23H25NO3. The number of aromatic nitrogens is 1. The van der Waals surface area contributed by atoms with E-state index < -0.39 is 0 Å². The lowest BCUT2D eigenvalue weighted by molar-refractivity contribution is 0.0600. The van der Waals surface area contributed by atoms with Crippen LogP contribution in [0.25, 0.3) is 16.9 Å². The average Bonchev–Trinajstić information content (AvgIpc) is 3.06. The molecular weight excluding hydrogens is 338 g/mol. The van der Waals surface area contributed by atoms with Gasteiger partial charge in [-0.15, -0.1) is 0 Å². The van der Waals surface area contributed by atoms with Crippen molar-refractivity contribution in [3.8, 4) is 22.7 Å². The summed E-state index contributed by atoms with van der Waals surface area (Å²) in [6.45, 7) is 4.77. The average molecular weight is 363 g/mol. The molecule has 140 valence electrons. The molecule has 0 aliphatic heterocycles. The zero-order valence-corrected chi connectivity index (χ0v) is 16.1. The molecule has 0 bridgehead atoms. The quantitative estimate of drug-likeness (QED) is 0.416. The minimum absolute atomic E-state index is 0.334. The highest BCUT2D eigenvalue weighted by Crippen LogP contribution is 2.31. The predicted molar refractivity (Wildman–Crippen MR) is 108 cm³/mol. The van der Waals surface area contributed by atoms with Crippen molar-refractivity contribution in [1.82, 2.24) is 4.57 Å². The van der Waals surface area contributed by atoms with Crippen LogP contribution in [-0.4, -0.2) is 24.3 Å². The summed E-state index contributed by atoms with van der Waals surface area (Å²) in [5.74, 6) is 0.492. The Labute approximate surface area is 160 Å². The Bertz CT molecular complexity index is 913. The van der Waals surface area contributed by atoms with E-state index in [2.05, 4.69) is 11.5 Å². The Morgan fingerprint density at radius 1 is 1.04 bits per heavy atom. The van der Waals surface area contributed by atoms with Gasteiger partial charge in [0.1, 0.15) is 5.75 Å². The van der Waals surface area contributed by atoms with Crippen molar-refractivity contribution < 1.29 is 14.3 Å². The van der Waals surface area contributed by atoms with Crippen molar-refractivity contribution in [2.24, 2.45) is 0 Å². The summed E-state index contributed by atoms with van der Waals surface area (Å²) < 4.78 is 12.9. The lowest BCUT2D eigenvalue weighted by Gasteiger charge is -2.14. The van der Waals surface area contributed by atoms with E-state index in [1.165, 1.54) is 7.11 Å². The van der Waals surface area contributed by atoms with E-state index in [9.17, 15) is 4.79 Å². The van der Waals surface area contributed by atoms with Crippen LogP contribution in [0, 0.1) is 6.92 Å². The SMILES string of the molecule is CCCCOc1cccc(-n2c(-c3ccccc3)cc(C(=O)OC)c2C)c1. The van der Waals surface area contributed by atoms with Gasteiger partial charge >= 0.3 is 5.97 Å². The molecule has 0 fully saturated rings. The molecule has 1 aromatic heterocycles. The number of hydrogen-bond acceptors (Lipinski definition) is 3. The Hall–Kier alpha value is -3.01. The first-order chi connectivity index (χ1) is 13.2. The molecule has 0 radical (unpaired) electrons. The molecule has 0 amide bonds. The van der Waals surface area contributed by atoms with Crippen molar-refractivity contribution in [2.45, 2.75) is 26.7 Å². The lowest BCUT2D eigenvalue weighted by atomic mass is 10.1. The molecule has 0 saturated carbocycles. The van der Waals surface area contributed by atoms with Crippen LogP contribution in [0.1, 0.15) is 35.8 Å². The van der Waals surface area contributed by atoms with Crippen LogP contribution in [0.3, 0.4) is 0 Å². The zero-order chi connectivity index (χ0) is 19.2. The first-order valence-corrected chi connectivity index (χ1v) is 9.25. The number of ether oxygens (including phenoxy) is 2. The molecule has 0 N–H and O–H groups in total. The van der Waals surface area contributed by atoms with Crippen LogP contribution in [0.5, 0.6) is 5.75 Å². The summed E-state index contributed by atoms with van der Waals surface area (Å²) in [7, 11) is 1.41. The van der Waals surface area contributed by atoms with E-state index in [4.69, 9.17) is 9.47 Å². The second-order valence-corrected chi connectivity index (χ2v) is 6.42. The van der Waals surface area contributed by atoms with Gasteiger partial charge < -0.3 is 14.0 Å². The number of carbonyl (C=O) groups excluding carboxylic acids is 1. The molecule has 0 saturated heterocycles. The van der Waals surface area contributed by atoms with Crippen LogP contribution in [0.4, 0.5) is 0 Å². The first-order valence-electron chi connectivity index (χ1n) is 9.25. The van der Waals surface area contributed by atoms with E-state index in [-0.39, 0.29) is 5.97 Å².